The fraction of sp³-hybridized carbons (Fsp3) is 0.526. The van der Waals surface area contributed by atoms with Crippen LogP contribution in [0.3, 0.4) is 0 Å². The molecule has 26 heavy (non-hydrogen) atoms. The number of carbonyl (C=O) groups excluding carboxylic acids is 3. The molecule has 1 saturated heterocycles. The Bertz CT molecular complexity index is 637. The van der Waals surface area contributed by atoms with Crippen LogP contribution in [-0.4, -0.2) is 73.5 Å². The second-order valence-corrected chi connectivity index (χ2v) is 6.19. The molecule has 1 heterocycles. The molecule has 0 unspecified atom stereocenters. The Kier molecular flexibility index (Phi) is 7.15. The normalized spacial score (nSPS) is 14.8. The second kappa shape index (κ2) is 9.33. The van der Waals surface area contributed by atoms with Crippen LogP contribution in [0.15, 0.2) is 24.3 Å². The SMILES string of the molecule is CCOC(=O)c1ccc(N(CC(=O)N2CCN(CC)CC2)C(C)=O)cc1. The number of hydrogen-bond acceptors (Lipinski definition) is 5. The number of likely N-dealkylation sites (N-methyl/N-ethyl adjacent to an activating group) is 1. The minimum Gasteiger partial charge on any atom is -0.462 e. The number of hydrogen-bond donors (Lipinski definition) is 0. The Morgan fingerprint density at radius 1 is 1.04 bits per heavy atom. The molecule has 0 N–H and O–H groups in total. The molecule has 1 aromatic carbocycles. The van der Waals surface area contributed by atoms with Gasteiger partial charge in [0.15, 0.2) is 0 Å². The second-order valence-electron chi connectivity index (χ2n) is 6.19. The standard InChI is InChI=1S/C19H27N3O4/c1-4-20-10-12-21(13-11-20)18(24)14-22(15(3)23)17-8-6-16(7-9-17)19(25)26-5-2/h6-9H,4-5,10-14H2,1-3H3. The maximum absolute atomic E-state index is 12.6. The molecule has 0 aliphatic carbocycles. The quantitative estimate of drug-likeness (QED) is 0.716. The van der Waals surface area contributed by atoms with E-state index in [1.165, 1.54) is 11.8 Å². The molecular weight excluding hydrogens is 334 g/mol. The topological polar surface area (TPSA) is 70.2 Å². The Labute approximate surface area is 154 Å². The van der Waals surface area contributed by atoms with E-state index in [9.17, 15) is 14.4 Å². The molecule has 0 spiro atoms. The number of carbonyl (C=O) groups is 3. The van der Waals surface area contributed by atoms with Crippen LogP contribution in [0.1, 0.15) is 31.1 Å². The van der Waals surface area contributed by atoms with Crippen molar-refractivity contribution in [2.45, 2.75) is 20.8 Å². The van der Waals surface area contributed by atoms with Crippen LogP contribution in [0.4, 0.5) is 5.69 Å². The molecule has 1 aliphatic rings. The Morgan fingerprint density at radius 2 is 1.65 bits per heavy atom. The summed E-state index contributed by atoms with van der Waals surface area (Å²) in [5, 5.41) is 0. The third-order valence-corrected chi connectivity index (χ3v) is 4.54. The van der Waals surface area contributed by atoms with Crippen molar-refractivity contribution in [3.8, 4) is 0 Å². The van der Waals surface area contributed by atoms with Crippen LogP contribution in [0.2, 0.25) is 0 Å². The summed E-state index contributed by atoms with van der Waals surface area (Å²) in [4.78, 5) is 41.9. The lowest BCUT2D eigenvalue weighted by Gasteiger charge is -2.35. The molecule has 1 fully saturated rings. The van der Waals surface area contributed by atoms with Gasteiger partial charge < -0.3 is 19.4 Å². The molecule has 1 aromatic rings. The maximum atomic E-state index is 12.6. The van der Waals surface area contributed by atoms with Gasteiger partial charge in [0.2, 0.25) is 11.8 Å². The summed E-state index contributed by atoms with van der Waals surface area (Å²) >= 11 is 0. The van der Waals surface area contributed by atoms with Gasteiger partial charge in [-0.3, -0.25) is 9.59 Å². The highest BCUT2D eigenvalue weighted by Crippen LogP contribution is 2.17. The number of esters is 1. The first-order valence-electron chi connectivity index (χ1n) is 9.01. The van der Waals surface area contributed by atoms with E-state index in [0.29, 0.717) is 30.9 Å². The van der Waals surface area contributed by atoms with E-state index in [4.69, 9.17) is 4.74 Å². The number of nitrogens with zero attached hydrogens (tertiary/aromatic N) is 3. The smallest absolute Gasteiger partial charge is 0.338 e. The molecule has 0 radical (unpaired) electrons. The van der Waals surface area contributed by atoms with Crippen molar-refractivity contribution in [2.75, 3.05) is 50.8 Å². The van der Waals surface area contributed by atoms with Crippen molar-refractivity contribution in [1.29, 1.82) is 0 Å². The average molecular weight is 361 g/mol. The first-order valence-corrected chi connectivity index (χ1v) is 9.01. The third-order valence-electron chi connectivity index (χ3n) is 4.54. The summed E-state index contributed by atoms with van der Waals surface area (Å²) in [7, 11) is 0. The van der Waals surface area contributed by atoms with E-state index < -0.39 is 5.97 Å². The lowest BCUT2D eigenvalue weighted by atomic mass is 10.2. The molecule has 0 atom stereocenters. The zero-order valence-corrected chi connectivity index (χ0v) is 15.7. The van der Waals surface area contributed by atoms with E-state index in [0.717, 1.165) is 19.6 Å². The predicted molar refractivity (Wildman–Crippen MR) is 99.1 cm³/mol. The first-order chi connectivity index (χ1) is 12.5. The van der Waals surface area contributed by atoms with E-state index in [1.54, 1.807) is 36.1 Å². The largest absolute Gasteiger partial charge is 0.462 e. The van der Waals surface area contributed by atoms with Crippen molar-refractivity contribution in [3.05, 3.63) is 29.8 Å². The van der Waals surface area contributed by atoms with Crippen molar-refractivity contribution in [3.63, 3.8) is 0 Å². The zero-order valence-electron chi connectivity index (χ0n) is 15.7. The van der Waals surface area contributed by atoms with Gasteiger partial charge in [-0.25, -0.2) is 4.79 Å². The van der Waals surface area contributed by atoms with E-state index in [2.05, 4.69) is 11.8 Å². The minimum atomic E-state index is -0.404. The lowest BCUT2D eigenvalue weighted by molar-refractivity contribution is -0.132. The van der Waals surface area contributed by atoms with Gasteiger partial charge in [-0.05, 0) is 37.7 Å². The molecule has 7 nitrogen and oxygen atoms in total. The van der Waals surface area contributed by atoms with Crippen LogP contribution in [0.25, 0.3) is 0 Å². The van der Waals surface area contributed by atoms with Gasteiger partial charge in [0.25, 0.3) is 0 Å². The predicted octanol–water partition coefficient (Wildman–Crippen LogP) is 1.38. The number of piperazine rings is 1. The van der Waals surface area contributed by atoms with Crippen LogP contribution in [0, 0.1) is 0 Å². The van der Waals surface area contributed by atoms with E-state index in [1.807, 2.05) is 0 Å². The monoisotopic (exact) mass is 361 g/mol. The highest BCUT2D eigenvalue weighted by molar-refractivity contribution is 5.98. The number of ether oxygens (including phenoxy) is 1. The minimum absolute atomic E-state index is 0.000210. The van der Waals surface area contributed by atoms with Gasteiger partial charge >= 0.3 is 5.97 Å². The summed E-state index contributed by atoms with van der Waals surface area (Å²) in [6, 6.07) is 6.54. The molecule has 142 valence electrons. The lowest BCUT2D eigenvalue weighted by Crippen LogP contribution is -2.51. The van der Waals surface area contributed by atoms with Gasteiger partial charge in [-0.15, -0.1) is 0 Å². The Morgan fingerprint density at radius 3 is 2.15 bits per heavy atom. The first kappa shape index (κ1) is 19.9. The summed E-state index contributed by atoms with van der Waals surface area (Å²) in [5.41, 5.74) is 1.01. The van der Waals surface area contributed by atoms with Crippen molar-refractivity contribution < 1.29 is 19.1 Å². The highest BCUT2D eigenvalue weighted by atomic mass is 16.5. The third kappa shape index (κ3) is 5.05. The summed E-state index contributed by atoms with van der Waals surface area (Å²) in [6.07, 6.45) is 0. The molecule has 0 bridgehead atoms. The molecular formula is C19H27N3O4. The van der Waals surface area contributed by atoms with Crippen LogP contribution < -0.4 is 4.90 Å². The molecule has 0 aromatic heterocycles. The number of rotatable bonds is 6. The van der Waals surface area contributed by atoms with Crippen LogP contribution in [0.5, 0.6) is 0 Å². The summed E-state index contributed by atoms with van der Waals surface area (Å²) in [5.74, 6) is -0.682. The molecule has 2 amide bonds. The molecule has 0 saturated carbocycles. The summed E-state index contributed by atoms with van der Waals surface area (Å²) < 4.78 is 4.95. The fourth-order valence-corrected chi connectivity index (χ4v) is 2.93. The van der Waals surface area contributed by atoms with Crippen molar-refractivity contribution in [2.24, 2.45) is 0 Å². The number of benzene rings is 1. The maximum Gasteiger partial charge on any atom is 0.338 e. The number of amides is 2. The van der Waals surface area contributed by atoms with Gasteiger partial charge in [0.1, 0.15) is 6.54 Å². The van der Waals surface area contributed by atoms with Gasteiger partial charge in [0, 0.05) is 38.8 Å². The van der Waals surface area contributed by atoms with Gasteiger partial charge in [0.05, 0.1) is 12.2 Å². The highest BCUT2D eigenvalue weighted by Gasteiger charge is 2.24. The molecule has 1 aliphatic heterocycles. The van der Waals surface area contributed by atoms with E-state index >= 15 is 0 Å². The Balaban J connectivity index is 2.03. The van der Waals surface area contributed by atoms with Gasteiger partial charge in [-0.1, -0.05) is 6.92 Å². The molecule has 2 rings (SSSR count). The van der Waals surface area contributed by atoms with Gasteiger partial charge in [-0.2, -0.15) is 0 Å². The molecule has 7 heteroatoms. The summed E-state index contributed by atoms with van der Waals surface area (Å²) in [6.45, 7) is 9.65. The van der Waals surface area contributed by atoms with Crippen molar-refractivity contribution >= 4 is 23.5 Å². The van der Waals surface area contributed by atoms with Crippen LogP contribution >= 0.6 is 0 Å². The average Bonchev–Trinajstić information content (AvgIpc) is 2.66. The number of anilines is 1. The van der Waals surface area contributed by atoms with Crippen LogP contribution in [-0.2, 0) is 14.3 Å². The van der Waals surface area contributed by atoms with E-state index in [-0.39, 0.29) is 18.4 Å². The Hall–Kier alpha value is -2.41. The van der Waals surface area contributed by atoms with Crippen molar-refractivity contribution in [1.82, 2.24) is 9.80 Å². The zero-order chi connectivity index (χ0) is 19.1. The fourth-order valence-electron chi connectivity index (χ4n) is 2.93.